The molecule has 6 heteroatoms. The van der Waals surface area contributed by atoms with Gasteiger partial charge in [-0.1, -0.05) is 76.8 Å². The van der Waals surface area contributed by atoms with Crippen LogP contribution in [0.3, 0.4) is 0 Å². The fourth-order valence-electron chi connectivity index (χ4n) is 5.22. The molecule has 1 aromatic heterocycles. The van der Waals surface area contributed by atoms with Crippen LogP contribution in [0.4, 0.5) is 4.39 Å². The van der Waals surface area contributed by atoms with Gasteiger partial charge in [-0.25, -0.2) is 4.39 Å². The first-order chi connectivity index (χ1) is 18.0. The van der Waals surface area contributed by atoms with Crippen molar-refractivity contribution in [2.45, 2.75) is 116 Å². The molecule has 0 saturated heterocycles. The van der Waals surface area contributed by atoms with Gasteiger partial charge in [0, 0.05) is 23.9 Å². The highest BCUT2D eigenvalue weighted by molar-refractivity contribution is 7.10. The molecular formula is C31H45FN2O2S. The molecule has 0 bridgehead atoms. The molecule has 0 spiro atoms. The molecule has 1 saturated carbocycles. The summed E-state index contributed by atoms with van der Waals surface area (Å²) in [5.74, 6) is -0.186. The van der Waals surface area contributed by atoms with Gasteiger partial charge in [-0.3, -0.25) is 9.59 Å². The predicted molar refractivity (Wildman–Crippen MR) is 151 cm³/mol. The number of benzene rings is 1. The van der Waals surface area contributed by atoms with Crippen LogP contribution in [-0.4, -0.2) is 34.2 Å². The number of carbonyl (C=O) groups is 2. The molecule has 0 atom stereocenters. The normalized spacial score (nSPS) is 14.0. The van der Waals surface area contributed by atoms with Crippen LogP contribution in [-0.2, 0) is 22.7 Å². The maximum Gasteiger partial charge on any atom is 0.242 e. The number of nitrogens with zero attached hydrogens (tertiary/aromatic N) is 2. The van der Waals surface area contributed by atoms with E-state index < -0.39 is 0 Å². The number of unbranched alkanes of at least 4 members (excludes halogenated alkanes) is 6. The third-order valence-corrected chi connectivity index (χ3v) is 8.59. The molecule has 3 rings (SSSR count). The average molecular weight is 529 g/mol. The van der Waals surface area contributed by atoms with Gasteiger partial charge in [0.05, 0.1) is 6.54 Å². The van der Waals surface area contributed by atoms with Gasteiger partial charge in [0.15, 0.2) is 0 Å². The van der Waals surface area contributed by atoms with E-state index in [1.165, 1.54) is 56.2 Å². The molecule has 1 heterocycles. The molecule has 2 aromatic rings. The molecule has 0 aliphatic heterocycles. The molecule has 204 valence electrons. The molecule has 1 aliphatic carbocycles. The predicted octanol–water partition coefficient (Wildman–Crippen LogP) is 8.03. The lowest BCUT2D eigenvalue weighted by Crippen LogP contribution is -2.47. The summed E-state index contributed by atoms with van der Waals surface area (Å²) in [6.07, 6.45) is 14.2. The van der Waals surface area contributed by atoms with Crippen molar-refractivity contribution in [3.63, 3.8) is 0 Å². The van der Waals surface area contributed by atoms with Crippen LogP contribution in [0.25, 0.3) is 0 Å². The smallest absolute Gasteiger partial charge is 0.242 e. The van der Waals surface area contributed by atoms with Gasteiger partial charge in [-0.2, -0.15) is 0 Å². The van der Waals surface area contributed by atoms with Crippen molar-refractivity contribution < 1.29 is 14.0 Å². The first-order valence-corrected chi connectivity index (χ1v) is 15.2. The number of hydrogen-bond acceptors (Lipinski definition) is 3. The van der Waals surface area contributed by atoms with Gasteiger partial charge in [0.1, 0.15) is 12.4 Å². The number of halogens is 1. The van der Waals surface area contributed by atoms with Crippen molar-refractivity contribution in [1.29, 1.82) is 0 Å². The highest BCUT2D eigenvalue weighted by atomic mass is 32.1. The Hall–Kier alpha value is -2.21. The summed E-state index contributed by atoms with van der Waals surface area (Å²) in [4.78, 5) is 32.1. The lowest BCUT2D eigenvalue weighted by atomic mass is 9.93. The van der Waals surface area contributed by atoms with E-state index in [2.05, 4.69) is 19.9 Å². The molecule has 0 radical (unpaired) electrons. The van der Waals surface area contributed by atoms with Gasteiger partial charge in [0.2, 0.25) is 11.8 Å². The summed E-state index contributed by atoms with van der Waals surface area (Å²) < 4.78 is 13.5. The molecule has 1 fully saturated rings. The molecule has 37 heavy (non-hydrogen) atoms. The number of hydrogen-bond donors (Lipinski definition) is 0. The number of carbonyl (C=O) groups excluding carboxylic acids is 2. The zero-order chi connectivity index (χ0) is 26.5. The number of aryl methyl sites for hydroxylation is 1. The van der Waals surface area contributed by atoms with Crippen LogP contribution >= 0.6 is 11.3 Å². The lowest BCUT2D eigenvalue weighted by Gasteiger charge is -2.35. The Balaban J connectivity index is 1.67. The molecule has 1 aliphatic rings. The second kappa shape index (κ2) is 15.9. The van der Waals surface area contributed by atoms with Gasteiger partial charge in [0.25, 0.3) is 0 Å². The third-order valence-electron chi connectivity index (χ3n) is 7.58. The van der Waals surface area contributed by atoms with Crippen LogP contribution < -0.4 is 0 Å². The minimum absolute atomic E-state index is 0.0318. The number of thiophene rings is 1. The van der Waals surface area contributed by atoms with Gasteiger partial charge < -0.3 is 9.80 Å². The van der Waals surface area contributed by atoms with E-state index in [1.54, 1.807) is 23.5 Å². The van der Waals surface area contributed by atoms with E-state index in [9.17, 15) is 14.0 Å². The fraction of sp³-hybridized carbons (Fsp3) is 0.613. The second-order valence-electron chi connectivity index (χ2n) is 10.6. The van der Waals surface area contributed by atoms with Crippen molar-refractivity contribution in [3.05, 3.63) is 57.5 Å². The Morgan fingerprint density at radius 1 is 0.892 bits per heavy atom. The molecule has 1 aromatic carbocycles. The quantitative estimate of drug-likeness (QED) is 0.220. The SMILES string of the molecule is CCCCCCCCCC(=O)N(CC(=O)N(Cc1ccc(F)cc1)Cc1sccc1C)C1CCCCC1. The third kappa shape index (κ3) is 9.88. The molecular weight excluding hydrogens is 483 g/mol. The number of amides is 2. The van der Waals surface area contributed by atoms with E-state index >= 15 is 0 Å². The summed E-state index contributed by atoms with van der Waals surface area (Å²) in [6, 6.07) is 8.58. The molecule has 0 N–H and O–H groups in total. The minimum Gasteiger partial charge on any atom is -0.332 e. The Morgan fingerprint density at radius 3 is 2.22 bits per heavy atom. The Morgan fingerprint density at radius 2 is 1.57 bits per heavy atom. The van der Waals surface area contributed by atoms with Crippen LogP contribution in [0, 0.1) is 12.7 Å². The molecule has 4 nitrogen and oxygen atoms in total. The zero-order valence-electron chi connectivity index (χ0n) is 22.9. The summed E-state index contributed by atoms with van der Waals surface area (Å²) in [6.45, 7) is 5.32. The lowest BCUT2D eigenvalue weighted by molar-refractivity contribution is -0.143. The Bertz CT molecular complexity index is 952. The zero-order valence-corrected chi connectivity index (χ0v) is 23.7. The van der Waals surface area contributed by atoms with Crippen molar-refractivity contribution >= 4 is 23.2 Å². The topological polar surface area (TPSA) is 40.6 Å². The standard InChI is InChI=1S/C31H45FN2O2S/c1-3-4-5-6-7-8-12-15-30(35)34(28-13-10-9-11-14-28)24-31(36)33(23-29-25(2)20-21-37-29)22-26-16-18-27(32)19-17-26/h16-21,28H,3-15,22-24H2,1-2H3. The van der Waals surface area contributed by atoms with Crippen LogP contribution in [0.5, 0.6) is 0 Å². The van der Waals surface area contributed by atoms with Crippen LogP contribution in [0.2, 0.25) is 0 Å². The van der Waals surface area contributed by atoms with Crippen molar-refractivity contribution in [2.24, 2.45) is 0 Å². The minimum atomic E-state index is -0.282. The fourth-order valence-corrected chi connectivity index (χ4v) is 6.14. The Kier molecular flexibility index (Phi) is 12.6. The summed E-state index contributed by atoms with van der Waals surface area (Å²) in [5.41, 5.74) is 2.06. The van der Waals surface area contributed by atoms with Gasteiger partial charge in [-0.05, 0) is 60.9 Å². The van der Waals surface area contributed by atoms with Crippen LogP contribution in [0.1, 0.15) is 106 Å². The van der Waals surface area contributed by atoms with E-state index in [4.69, 9.17) is 0 Å². The monoisotopic (exact) mass is 528 g/mol. The number of rotatable bonds is 15. The summed E-state index contributed by atoms with van der Waals surface area (Å²) >= 11 is 1.65. The maximum atomic E-state index is 13.7. The van der Waals surface area contributed by atoms with Crippen molar-refractivity contribution in [2.75, 3.05) is 6.54 Å². The first kappa shape index (κ1) is 29.3. The first-order valence-electron chi connectivity index (χ1n) is 14.3. The van der Waals surface area contributed by atoms with Crippen molar-refractivity contribution in [3.8, 4) is 0 Å². The van der Waals surface area contributed by atoms with Crippen LogP contribution in [0.15, 0.2) is 35.7 Å². The summed E-state index contributed by atoms with van der Waals surface area (Å²) in [7, 11) is 0. The van der Waals surface area contributed by atoms with Crippen molar-refractivity contribution in [1.82, 2.24) is 9.80 Å². The van der Waals surface area contributed by atoms with E-state index in [1.807, 2.05) is 15.2 Å². The highest BCUT2D eigenvalue weighted by Gasteiger charge is 2.29. The Labute approximate surface area is 227 Å². The van der Waals surface area contributed by atoms with Gasteiger partial charge >= 0.3 is 0 Å². The van der Waals surface area contributed by atoms with E-state index in [0.29, 0.717) is 19.5 Å². The average Bonchev–Trinajstić information content (AvgIpc) is 3.31. The van der Waals surface area contributed by atoms with E-state index in [-0.39, 0.29) is 30.2 Å². The second-order valence-corrected chi connectivity index (χ2v) is 11.6. The van der Waals surface area contributed by atoms with Gasteiger partial charge in [-0.15, -0.1) is 11.3 Å². The highest BCUT2D eigenvalue weighted by Crippen LogP contribution is 2.25. The molecule has 2 amide bonds. The summed E-state index contributed by atoms with van der Waals surface area (Å²) in [5, 5.41) is 2.05. The maximum absolute atomic E-state index is 13.7. The largest absolute Gasteiger partial charge is 0.332 e. The molecule has 0 unspecified atom stereocenters. The van der Waals surface area contributed by atoms with E-state index in [0.717, 1.165) is 49.0 Å².